The third-order valence-corrected chi connectivity index (χ3v) is 6.97. The van der Waals surface area contributed by atoms with Gasteiger partial charge in [0.2, 0.25) is 5.91 Å². The molecular formula is C23H22F3N5O4S. The van der Waals surface area contributed by atoms with Crippen LogP contribution in [0.25, 0.3) is 10.1 Å². The second-order valence-electron chi connectivity index (χ2n) is 8.28. The second kappa shape index (κ2) is 10.6. The molecule has 4 rings (SSSR count). The number of carbonyl (C=O) groups excluding carboxylic acids is 1. The molecule has 3 aromatic rings. The molecular weight excluding hydrogens is 499 g/mol. The first kappa shape index (κ1) is 25.5. The first-order valence-corrected chi connectivity index (χ1v) is 11.9. The molecule has 2 heterocycles. The number of non-ortho nitro benzene ring substituents is 1. The van der Waals surface area contributed by atoms with Crippen molar-refractivity contribution in [2.75, 3.05) is 44.2 Å². The van der Waals surface area contributed by atoms with Gasteiger partial charge in [-0.2, -0.15) is 18.2 Å². The number of amides is 1. The topological polar surface area (TPSA) is 109 Å². The molecule has 1 amide bonds. The van der Waals surface area contributed by atoms with Crippen LogP contribution in [0.5, 0.6) is 0 Å². The molecule has 0 radical (unpaired) electrons. The van der Waals surface area contributed by atoms with Crippen molar-refractivity contribution in [2.24, 2.45) is 0 Å². The van der Waals surface area contributed by atoms with Gasteiger partial charge in [0, 0.05) is 38.8 Å². The number of nitrogens with one attached hydrogen (secondary N) is 1. The lowest BCUT2D eigenvalue weighted by atomic mass is 10.1. The number of piperazine rings is 1. The van der Waals surface area contributed by atoms with Gasteiger partial charge in [-0.15, -0.1) is 0 Å². The van der Waals surface area contributed by atoms with E-state index < -0.39 is 33.3 Å². The van der Waals surface area contributed by atoms with Gasteiger partial charge in [0.15, 0.2) is 5.13 Å². The van der Waals surface area contributed by atoms with Crippen LogP contribution in [-0.2, 0) is 17.4 Å². The second-order valence-corrected chi connectivity index (χ2v) is 9.25. The Labute approximate surface area is 207 Å². The average Bonchev–Trinajstić information content (AvgIpc) is 2.84. The summed E-state index contributed by atoms with van der Waals surface area (Å²) < 4.78 is 39.3. The molecule has 0 atom stereocenters. The van der Waals surface area contributed by atoms with Crippen LogP contribution in [0.15, 0.2) is 47.3 Å². The number of hydrogen-bond acceptors (Lipinski definition) is 8. The number of alkyl halides is 3. The van der Waals surface area contributed by atoms with Crippen molar-refractivity contribution in [1.82, 2.24) is 15.2 Å². The van der Waals surface area contributed by atoms with Crippen molar-refractivity contribution in [1.29, 1.82) is 0 Å². The molecule has 1 N–H and O–H groups in total. The predicted molar refractivity (Wildman–Crippen MR) is 129 cm³/mol. The molecule has 1 aliphatic heterocycles. The number of rotatable bonds is 7. The van der Waals surface area contributed by atoms with E-state index in [2.05, 4.69) is 10.3 Å². The van der Waals surface area contributed by atoms with Crippen LogP contribution in [0.2, 0.25) is 0 Å². The smallest absolute Gasteiger partial charge is 0.355 e. The van der Waals surface area contributed by atoms with Crippen molar-refractivity contribution >= 4 is 38.1 Å². The molecule has 36 heavy (non-hydrogen) atoms. The van der Waals surface area contributed by atoms with Gasteiger partial charge >= 0.3 is 6.18 Å². The standard InChI is InChI=1S/C23H22F3N5O4S/c24-23(25,26)16-12-17-20(18(13-16)31(34)35)36-22(28-21(17)33)30-10-8-29(9-11-30)14-19(32)27-7-6-15-4-2-1-3-5-15/h1-5,12-13H,6-11,14H2,(H,27,32). The molecule has 1 aromatic heterocycles. The summed E-state index contributed by atoms with van der Waals surface area (Å²) in [5, 5.41) is 14.1. The maximum absolute atomic E-state index is 13.2. The zero-order chi connectivity index (χ0) is 25.9. The molecule has 190 valence electrons. The zero-order valence-corrected chi connectivity index (χ0v) is 19.8. The Hall–Kier alpha value is -3.58. The van der Waals surface area contributed by atoms with Gasteiger partial charge in [0.05, 0.1) is 22.4 Å². The Morgan fingerprint density at radius 3 is 2.47 bits per heavy atom. The Kier molecular flexibility index (Phi) is 7.50. The molecule has 0 spiro atoms. The van der Waals surface area contributed by atoms with Gasteiger partial charge in [-0.3, -0.25) is 24.6 Å². The van der Waals surface area contributed by atoms with Crippen molar-refractivity contribution < 1.29 is 22.9 Å². The van der Waals surface area contributed by atoms with E-state index in [9.17, 15) is 32.9 Å². The molecule has 0 bridgehead atoms. The predicted octanol–water partition coefficient (Wildman–Crippen LogP) is 3.06. The first-order valence-electron chi connectivity index (χ1n) is 11.1. The van der Waals surface area contributed by atoms with Gasteiger partial charge in [-0.1, -0.05) is 41.7 Å². The number of carbonyl (C=O) groups is 1. The van der Waals surface area contributed by atoms with Gasteiger partial charge in [-0.25, -0.2) is 0 Å². The summed E-state index contributed by atoms with van der Waals surface area (Å²) in [4.78, 5) is 42.9. The lowest BCUT2D eigenvalue weighted by Crippen LogP contribution is -2.50. The van der Waals surface area contributed by atoms with E-state index in [4.69, 9.17) is 0 Å². The summed E-state index contributed by atoms with van der Waals surface area (Å²) in [6, 6.07) is 10.8. The van der Waals surface area contributed by atoms with Gasteiger partial charge in [0.25, 0.3) is 11.2 Å². The monoisotopic (exact) mass is 521 g/mol. The number of halogens is 3. The van der Waals surface area contributed by atoms with E-state index in [-0.39, 0.29) is 22.3 Å². The fourth-order valence-electron chi connectivity index (χ4n) is 3.92. The largest absolute Gasteiger partial charge is 0.416 e. The van der Waals surface area contributed by atoms with E-state index in [1.807, 2.05) is 35.2 Å². The Bertz CT molecular complexity index is 1330. The number of anilines is 1. The van der Waals surface area contributed by atoms with Crippen LogP contribution in [0.4, 0.5) is 24.0 Å². The number of hydrogen-bond donors (Lipinski definition) is 1. The summed E-state index contributed by atoms with van der Waals surface area (Å²) in [7, 11) is 0. The first-order chi connectivity index (χ1) is 17.1. The molecule has 0 aliphatic carbocycles. The minimum atomic E-state index is -4.83. The van der Waals surface area contributed by atoms with Crippen LogP contribution in [0, 0.1) is 10.1 Å². The van der Waals surface area contributed by atoms with Crippen LogP contribution in [0.1, 0.15) is 11.1 Å². The van der Waals surface area contributed by atoms with E-state index in [1.165, 1.54) is 0 Å². The maximum atomic E-state index is 13.2. The Morgan fingerprint density at radius 2 is 1.83 bits per heavy atom. The number of nitrogens with zero attached hydrogens (tertiary/aromatic N) is 4. The minimum absolute atomic E-state index is 0.107. The van der Waals surface area contributed by atoms with Gasteiger partial charge in [-0.05, 0) is 18.1 Å². The van der Waals surface area contributed by atoms with E-state index >= 15 is 0 Å². The number of nitro benzene ring substituents is 1. The molecule has 9 nitrogen and oxygen atoms in total. The molecule has 13 heteroatoms. The zero-order valence-electron chi connectivity index (χ0n) is 19.0. The SMILES string of the molecule is O=C(CN1CCN(c2nc(=O)c3cc(C(F)(F)F)cc([N+](=O)[O-])c3s2)CC1)NCCc1ccccc1. The van der Waals surface area contributed by atoms with Crippen LogP contribution in [-0.4, -0.2) is 60.0 Å². The highest BCUT2D eigenvalue weighted by atomic mass is 32.1. The molecule has 0 unspecified atom stereocenters. The van der Waals surface area contributed by atoms with Crippen molar-refractivity contribution in [3.8, 4) is 0 Å². The van der Waals surface area contributed by atoms with Crippen molar-refractivity contribution in [3.05, 3.63) is 74.1 Å². The van der Waals surface area contributed by atoms with E-state index in [1.54, 1.807) is 4.90 Å². The highest BCUT2D eigenvalue weighted by Gasteiger charge is 2.34. The summed E-state index contributed by atoms with van der Waals surface area (Å²) in [6.07, 6.45) is -4.11. The van der Waals surface area contributed by atoms with E-state index in [0.717, 1.165) is 23.3 Å². The maximum Gasteiger partial charge on any atom is 0.416 e. The fourth-order valence-corrected chi connectivity index (χ4v) is 5.04. The Morgan fingerprint density at radius 1 is 1.14 bits per heavy atom. The summed E-state index contributed by atoms with van der Waals surface area (Å²) >= 11 is 0.814. The van der Waals surface area contributed by atoms with Crippen molar-refractivity contribution in [3.63, 3.8) is 0 Å². The number of nitro groups is 1. The van der Waals surface area contributed by atoms with Crippen LogP contribution >= 0.6 is 11.3 Å². The summed E-state index contributed by atoms with van der Waals surface area (Å²) in [5.74, 6) is -0.107. The van der Waals surface area contributed by atoms with Crippen LogP contribution < -0.4 is 15.8 Å². The molecule has 0 saturated carbocycles. The lowest BCUT2D eigenvalue weighted by molar-refractivity contribution is -0.383. The third kappa shape index (κ3) is 5.97. The van der Waals surface area contributed by atoms with Gasteiger partial charge in [0.1, 0.15) is 4.70 Å². The molecule has 2 aromatic carbocycles. The third-order valence-electron chi connectivity index (χ3n) is 5.80. The lowest BCUT2D eigenvalue weighted by Gasteiger charge is -2.34. The molecule has 1 fully saturated rings. The quantitative estimate of drug-likeness (QED) is 0.376. The number of benzene rings is 2. The highest BCUT2D eigenvalue weighted by Crippen LogP contribution is 2.38. The van der Waals surface area contributed by atoms with Crippen molar-refractivity contribution in [2.45, 2.75) is 12.6 Å². The molecule has 1 aliphatic rings. The summed E-state index contributed by atoms with van der Waals surface area (Å²) in [6.45, 7) is 2.51. The Balaban J connectivity index is 1.40. The van der Waals surface area contributed by atoms with E-state index in [0.29, 0.717) is 44.9 Å². The normalized spacial score (nSPS) is 14.7. The fraction of sp³-hybridized carbons (Fsp3) is 0.348. The average molecular weight is 522 g/mol. The highest BCUT2D eigenvalue weighted by molar-refractivity contribution is 7.22. The van der Waals surface area contributed by atoms with Gasteiger partial charge < -0.3 is 10.2 Å². The number of fused-ring (bicyclic) bond motifs is 1. The number of aromatic nitrogens is 1. The summed E-state index contributed by atoms with van der Waals surface area (Å²) in [5.41, 5.74) is -1.87. The molecule has 1 saturated heterocycles. The van der Waals surface area contributed by atoms with Crippen LogP contribution in [0.3, 0.4) is 0 Å². The minimum Gasteiger partial charge on any atom is -0.355 e.